The van der Waals surface area contributed by atoms with Gasteiger partial charge in [-0.3, -0.25) is 9.59 Å². The summed E-state index contributed by atoms with van der Waals surface area (Å²) in [4.78, 5) is 25.8. The van der Waals surface area contributed by atoms with Crippen molar-refractivity contribution < 1.29 is 14.3 Å². The van der Waals surface area contributed by atoms with Gasteiger partial charge in [0.2, 0.25) is 5.91 Å². The van der Waals surface area contributed by atoms with E-state index in [0.29, 0.717) is 29.5 Å². The summed E-state index contributed by atoms with van der Waals surface area (Å²) in [5.74, 6) is -0.374. The highest BCUT2D eigenvalue weighted by atomic mass is 35.5. The van der Waals surface area contributed by atoms with Crippen molar-refractivity contribution in [2.75, 3.05) is 32.6 Å². The molecule has 2 amide bonds. The van der Waals surface area contributed by atoms with E-state index in [4.69, 9.17) is 22.1 Å². The minimum Gasteiger partial charge on any atom is -0.381 e. The van der Waals surface area contributed by atoms with E-state index in [1.165, 1.54) is 4.90 Å². The van der Waals surface area contributed by atoms with Gasteiger partial charge in [-0.25, -0.2) is 0 Å². The van der Waals surface area contributed by atoms with Crippen LogP contribution in [0.5, 0.6) is 0 Å². The number of carbonyl (C=O) groups excluding carboxylic acids is 2. The Morgan fingerprint density at radius 1 is 1.35 bits per heavy atom. The number of nitrogens with one attached hydrogen (secondary N) is 1. The first-order valence-electron chi connectivity index (χ1n) is 7.55. The van der Waals surface area contributed by atoms with Crippen LogP contribution in [0.2, 0.25) is 5.02 Å². The zero-order chi connectivity index (χ0) is 17.0. The number of halogens is 1. The Kier molecular flexibility index (Phi) is 5.98. The second kappa shape index (κ2) is 7.77. The maximum atomic E-state index is 12.3. The summed E-state index contributed by atoms with van der Waals surface area (Å²) in [6.45, 7) is 1.27. The summed E-state index contributed by atoms with van der Waals surface area (Å²) >= 11 is 6.06. The second-order valence-corrected chi connectivity index (χ2v) is 6.27. The Labute approximate surface area is 140 Å². The van der Waals surface area contributed by atoms with Crippen molar-refractivity contribution in [2.24, 2.45) is 11.7 Å². The minimum atomic E-state index is -0.595. The number of rotatable bonds is 4. The number of ether oxygens (including phenoxy) is 1. The van der Waals surface area contributed by atoms with Gasteiger partial charge < -0.3 is 20.7 Å². The van der Waals surface area contributed by atoms with Crippen molar-refractivity contribution in [1.29, 1.82) is 0 Å². The molecular formula is C16H22ClN3O3. The molecule has 1 aromatic carbocycles. The molecule has 1 fully saturated rings. The fraction of sp³-hybridized carbons (Fsp3) is 0.500. The average Bonchev–Trinajstić information content (AvgIpc) is 2.55. The molecule has 1 aliphatic rings. The van der Waals surface area contributed by atoms with E-state index in [-0.39, 0.29) is 17.7 Å². The van der Waals surface area contributed by atoms with Gasteiger partial charge in [-0.15, -0.1) is 0 Å². The zero-order valence-electron chi connectivity index (χ0n) is 13.3. The third-order valence-electron chi connectivity index (χ3n) is 3.95. The summed E-state index contributed by atoms with van der Waals surface area (Å²) in [5.41, 5.74) is 6.90. The Balaban J connectivity index is 2.08. The number of hydrogen-bond donors (Lipinski definition) is 2. The van der Waals surface area contributed by atoms with Gasteiger partial charge in [-0.2, -0.15) is 0 Å². The Morgan fingerprint density at radius 3 is 2.61 bits per heavy atom. The largest absolute Gasteiger partial charge is 0.381 e. The molecule has 0 spiro atoms. The third kappa shape index (κ3) is 4.43. The SMILES string of the molecule is CN(C)C(=O)c1cc(NC(=O)C(N)C2CCOCC2)ccc1Cl. The minimum absolute atomic E-state index is 0.110. The molecular weight excluding hydrogens is 318 g/mol. The monoisotopic (exact) mass is 339 g/mol. The molecule has 23 heavy (non-hydrogen) atoms. The molecule has 0 aromatic heterocycles. The van der Waals surface area contributed by atoms with Crippen LogP contribution < -0.4 is 11.1 Å². The standard InChI is InChI=1S/C16H22ClN3O3/c1-20(2)16(22)12-9-11(3-4-13(12)17)19-15(21)14(18)10-5-7-23-8-6-10/h3-4,9-10,14H,5-8,18H2,1-2H3,(H,19,21). The van der Waals surface area contributed by atoms with Gasteiger partial charge >= 0.3 is 0 Å². The van der Waals surface area contributed by atoms with Gasteiger partial charge in [0, 0.05) is 33.0 Å². The molecule has 7 heteroatoms. The normalized spacial score (nSPS) is 16.7. The highest BCUT2D eigenvalue weighted by molar-refractivity contribution is 6.34. The first kappa shape index (κ1) is 17.7. The Bertz CT molecular complexity index is 586. The van der Waals surface area contributed by atoms with Gasteiger partial charge in [0.05, 0.1) is 16.6 Å². The number of nitrogens with zero attached hydrogens (tertiary/aromatic N) is 1. The lowest BCUT2D eigenvalue weighted by Gasteiger charge is -2.26. The van der Waals surface area contributed by atoms with Crippen LogP contribution in [0.25, 0.3) is 0 Å². The zero-order valence-corrected chi connectivity index (χ0v) is 14.1. The number of hydrogen-bond acceptors (Lipinski definition) is 4. The summed E-state index contributed by atoms with van der Waals surface area (Å²) in [7, 11) is 3.29. The van der Waals surface area contributed by atoms with Crippen LogP contribution in [0.1, 0.15) is 23.2 Å². The maximum Gasteiger partial charge on any atom is 0.254 e. The lowest BCUT2D eigenvalue weighted by atomic mass is 9.92. The average molecular weight is 340 g/mol. The van der Waals surface area contributed by atoms with Crippen molar-refractivity contribution in [3.05, 3.63) is 28.8 Å². The van der Waals surface area contributed by atoms with Crippen LogP contribution in [0, 0.1) is 5.92 Å². The molecule has 6 nitrogen and oxygen atoms in total. The molecule has 1 aromatic rings. The summed E-state index contributed by atoms with van der Waals surface area (Å²) in [6.07, 6.45) is 1.55. The number of benzene rings is 1. The fourth-order valence-corrected chi connectivity index (χ4v) is 2.72. The van der Waals surface area contributed by atoms with Crippen molar-refractivity contribution in [3.8, 4) is 0 Å². The summed E-state index contributed by atoms with van der Waals surface area (Å²) in [6, 6.07) is 4.22. The van der Waals surface area contributed by atoms with E-state index in [9.17, 15) is 9.59 Å². The van der Waals surface area contributed by atoms with Crippen LogP contribution in [0.4, 0.5) is 5.69 Å². The topological polar surface area (TPSA) is 84.7 Å². The van der Waals surface area contributed by atoms with Crippen molar-refractivity contribution in [2.45, 2.75) is 18.9 Å². The lowest BCUT2D eigenvalue weighted by molar-refractivity contribution is -0.119. The van der Waals surface area contributed by atoms with Crippen molar-refractivity contribution in [1.82, 2.24) is 4.90 Å². The number of carbonyl (C=O) groups is 2. The van der Waals surface area contributed by atoms with Gasteiger partial charge in [-0.1, -0.05) is 11.6 Å². The first-order chi connectivity index (χ1) is 10.9. The van der Waals surface area contributed by atoms with Gasteiger partial charge in [-0.05, 0) is 37.0 Å². The molecule has 0 aliphatic carbocycles. The second-order valence-electron chi connectivity index (χ2n) is 5.86. The molecule has 1 atom stereocenters. The number of nitrogens with two attached hydrogens (primary N) is 1. The molecule has 0 radical (unpaired) electrons. The quantitative estimate of drug-likeness (QED) is 0.875. The van der Waals surface area contributed by atoms with Gasteiger partial charge in [0.1, 0.15) is 0 Å². The predicted octanol–water partition coefficient (Wildman–Crippen LogP) is 1.73. The van der Waals surface area contributed by atoms with E-state index in [1.54, 1.807) is 32.3 Å². The molecule has 1 aliphatic heterocycles. The third-order valence-corrected chi connectivity index (χ3v) is 4.28. The molecule has 1 heterocycles. The first-order valence-corrected chi connectivity index (χ1v) is 7.93. The maximum absolute atomic E-state index is 12.3. The van der Waals surface area contributed by atoms with Crippen LogP contribution >= 0.6 is 11.6 Å². The van der Waals surface area contributed by atoms with E-state index in [1.807, 2.05) is 0 Å². The predicted molar refractivity (Wildman–Crippen MR) is 89.6 cm³/mol. The van der Waals surface area contributed by atoms with Crippen LogP contribution in [-0.2, 0) is 9.53 Å². The van der Waals surface area contributed by atoms with Crippen molar-refractivity contribution >= 4 is 29.1 Å². The highest BCUT2D eigenvalue weighted by Gasteiger charge is 2.26. The molecule has 1 unspecified atom stereocenters. The molecule has 3 N–H and O–H groups in total. The molecule has 2 rings (SSSR count). The lowest BCUT2D eigenvalue weighted by Crippen LogP contribution is -2.44. The van der Waals surface area contributed by atoms with Gasteiger partial charge in [0.25, 0.3) is 5.91 Å². The summed E-state index contributed by atoms with van der Waals surface area (Å²) < 4.78 is 5.28. The smallest absolute Gasteiger partial charge is 0.254 e. The van der Waals surface area contributed by atoms with Crippen LogP contribution in [0.3, 0.4) is 0 Å². The number of anilines is 1. The van der Waals surface area contributed by atoms with E-state index in [2.05, 4.69) is 5.32 Å². The van der Waals surface area contributed by atoms with Crippen molar-refractivity contribution in [3.63, 3.8) is 0 Å². The van der Waals surface area contributed by atoms with Crippen LogP contribution in [0.15, 0.2) is 18.2 Å². The summed E-state index contributed by atoms with van der Waals surface area (Å²) in [5, 5.41) is 3.11. The number of amides is 2. The van der Waals surface area contributed by atoms with E-state index < -0.39 is 6.04 Å². The fourth-order valence-electron chi connectivity index (χ4n) is 2.52. The molecule has 0 bridgehead atoms. The molecule has 1 saturated heterocycles. The Morgan fingerprint density at radius 2 is 2.00 bits per heavy atom. The van der Waals surface area contributed by atoms with E-state index in [0.717, 1.165) is 12.8 Å². The van der Waals surface area contributed by atoms with Crippen LogP contribution in [-0.4, -0.2) is 50.1 Å². The molecule has 0 saturated carbocycles. The molecule has 126 valence electrons. The highest BCUT2D eigenvalue weighted by Crippen LogP contribution is 2.23. The van der Waals surface area contributed by atoms with Gasteiger partial charge in [0.15, 0.2) is 0 Å². The van der Waals surface area contributed by atoms with E-state index >= 15 is 0 Å². The Hall–Kier alpha value is -1.63.